The van der Waals surface area contributed by atoms with E-state index in [2.05, 4.69) is 5.32 Å². The van der Waals surface area contributed by atoms with Crippen LogP contribution >= 0.6 is 0 Å². The van der Waals surface area contributed by atoms with Crippen molar-refractivity contribution in [3.05, 3.63) is 26.4 Å². The van der Waals surface area contributed by atoms with E-state index in [1.807, 2.05) is 13.8 Å². The maximum atomic E-state index is 13.2. The Morgan fingerprint density at radius 1 is 1.24 bits per heavy atom. The summed E-state index contributed by atoms with van der Waals surface area (Å²) in [6.45, 7) is 4.92. The highest BCUT2D eigenvalue weighted by molar-refractivity contribution is 6.07. The summed E-state index contributed by atoms with van der Waals surface area (Å²) in [6, 6.07) is -0.842. The Kier molecular flexibility index (Phi) is 6.05. The number of ether oxygens (including phenoxy) is 1. The van der Waals surface area contributed by atoms with Crippen LogP contribution in [0.3, 0.4) is 0 Å². The monoisotopic (exact) mass is 476 g/mol. The number of nitrogens with one attached hydrogen (secondary N) is 2. The number of hydrogen-bond acceptors (Lipinski definition) is 7. The Labute approximate surface area is 196 Å². The van der Waals surface area contributed by atoms with Crippen LogP contribution < -0.4 is 22.3 Å². The number of imide groups is 1. The van der Waals surface area contributed by atoms with Crippen molar-refractivity contribution in [2.24, 2.45) is 11.1 Å². The van der Waals surface area contributed by atoms with Crippen LogP contribution in [0.2, 0.25) is 0 Å². The van der Waals surface area contributed by atoms with Gasteiger partial charge in [-0.3, -0.25) is 29.4 Å². The molecule has 0 atom stereocenters. The van der Waals surface area contributed by atoms with Gasteiger partial charge in [-0.25, -0.2) is 9.59 Å². The number of nitrogen functional groups attached to an aromatic ring is 1. The zero-order valence-corrected chi connectivity index (χ0v) is 19.6. The third kappa shape index (κ3) is 3.69. The first-order valence-electron chi connectivity index (χ1n) is 11.7. The molecule has 1 aromatic rings. The molecule has 0 bridgehead atoms. The summed E-state index contributed by atoms with van der Waals surface area (Å²) in [5.74, 6) is -1.48. The van der Waals surface area contributed by atoms with E-state index in [0.29, 0.717) is 38.6 Å². The van der Waals surface area contributed by atoms with Crippen LogP contribution in [-0.4, -0.2) is 62.2 Å². The van der Waals surface area contributed by atoms with Gasteiger partial charge in [-0.05, 0) is 37.5 Å². The smallest absolute Gasteiger partial charge is 0.334 e. The van der Waals surface area contributed by atoms with Gasteiger partial charge >= 0.3 is 11.7 Å². The lowest BCUT2D eigenvalue weighted by Gasteiger charge is -2.47. The molecule has 0 unspecified atom stereocenters. The number of urea groups is 1. The van der Waals surface area contributed by atoms with Crippen molar-refractivity contribution in [3.8, 4) is 5.88 Å². The van der Waals surface area contributed by atoms with E-state index in [1.165, 1.54) is 0 Å². The molecular weight excluding hydrogens is 444 g/mol. The number of aromatic nitrogens is 2. The first kappa shape index (κ1) is 24.0. The Hall–Kier alpha value is -3.15. The van der Waals surface area contributed by atoms with Crippen molar-refractivity contribution in [2.75, 3.05) is 19.8 Å². The maximum absolute atomic E-state index is 13.2. The molecule has 0 aromatic carbocycles. The molecule has 12 nitrogen and oxygen atoms in total. The zero-order chi connectivity index (χ0) is 24.8. The number of unbranched alkanes of at least 4 members (excludes halogenated alkanes) is 1. The molecule has 3 aliphatic rings. The molecule has 2 saturated heterocycles. The van der Waals surface area contributed by atoms with Crippen LogP contribution in [0, 0.1) is 10.8 Å². The Balaban J connectivity index is 1.58. The number of amides is 3. The Morgan fingerprint density at radius 2 is 1.88 bits per heavy atom. The average Bonchev–Trinajstić information content (AvgIpc) is 2.98. The lowest BCUT2D eigenvalue weighted by molar-refractivity contribution is -0.156. The van der Waals surface area contributed by atoms with Crippen molar-refractivity contribution in [2.45, 2.75) is 70.5 Å². The summed E-state index contributed by atoms with van der Waals surface area (Å²) in [5.41, 5.74) is 2.61. The molecule has 186 valence electrons. The number of rotatable bonds is 7. The van der Waals surface area contributed by atoms with Crippen LogP contribution in [0.1, 0.15) is 64.0 Å². The molecule has 34 heavy (non-hydrogen) atoms. The third-order valence-corrected chi connectivity index (χ3v) is 7.51. The van der Waals surface area contributed by atoms with Crippen LogP contribution in [0.25, 0.3) is 0 Å². The molecule has 1 spiro atoms. The minimum atomic E-state index is -0.936. The van der Waals surface area contributed by atoms with Crippen LogP contribution in [0.4, 0.5) is 4.79 Å². The van der Waals surface area contributed by atoms with E-state index in [9.17, 15) is 24.3 Å². The van der Waals surface area contributed by atoms with Gasteiger partial charge in [-0.1, -0.05) is 20.3 Å². The molecule has 4 rings (SSSR count). The maximum Gasteiger partial charge on any atom is 0.334 e. The molecule has 0 radical (unpaired) electrons. The fraction of sp³-hybridized carbons (Fsp3) is 0.682. The van der Waals surface area contributed by atoms with E-state index in [-0.39, 0.29) is 36.6 Å². The number of carbonyl (C=O) groups is 2. The molecule has 3 heterocycles. The molecule has 2 aliphatic heterocycles. The van der Waals surface area contributed by atoms with E-state index in [0.717, 1.165) is 15.6 Å². The summed E-state index contributed by atoms with van der Waals surface area (Å²) in [4.78, 5) is 52.6. The van der Waals surface area contributed by atoms with Gasteiger partial charge in [-0.15, -0.1) is 0 Å². The zero-order valence-electron chi connectivity index (χ0n) is 19.6. The van der Waals surface area contributed by atoms with Crippen molar-refractivity contribution >= 4 is 17.8 Å². The molecule has 1 aromatic heterocycles. The highest BCUT2D eigenvalue weighted by atomic mass is 16.5. The first-order valence-corrected chi connectivity index (χ1v) is 11.7. The predicted octanol–water partition coefficient (Wildman–Crippen LogP) is 0.242. The Morgan fingerprint density at radius 3 is 2.41 bits per heavy atom. The van der Waals surface area contributed by atoms with Gasteiger partial charge in [0.05, 0.1) is 13.2 Å². The number of carbonyl (C=O) groups excluding carboxylic acids is 2. The average molecular weight is 477 g/mol. The van der Waals surface area contributed by atoms with Crippen molar-refractivity contribution in [1.82, 2.24) is 19.4 Å². The second-order valence-corrected chi connectivity index (χ2v) is 9.99. The van der Waals surface area contributed by atoms with Crippen molar-refractivity contribution in [3.63, 3.8) is 0 Å². The van der Waals surface area contributed by atoms with Gasteiger partial charge in [-0.2, -0.15) is 0 Å². The van der Waals surface area contributed by atoms with Gasteiger partial charge in [0.25, 0.3) is 11.5 Å². The molecule has 3 amide bonds. The summed E-state index contributed by atoms with van der Waals surface area (Å²) in [7, 11) is 0. The summed E-state index contributed by atoms with van der Waals surface area (Å²) in [6.07, 6.45) is 3.62. The van der Waals surface area contributed by atoms with Gasteiger partial charge in [0.1, 0.15) is 11.4 Å². The fourth-order valence-corrected chi connectivity index (χ4v) is 5.23. The normalized spacial score (nSPS) is 25.9. The van der Waals surface area contributed by atoms with Gasteiger partial charge in [0.15, 0.2) is 5.54 Å². The first-order chi connectivity index (χ1) is 16.0. The second kappa shape index (κ2) is 8.57. The summed E-state index contributed by atoms with van der Waals surface area (Å²) in [5, 5.41) is 20.6. The molecule has 12 heteroatoms. The minimum absolute atomic E-state index is 0.178. The molecular formula is C22H32N6O6. The number of hydrogen-bond donors (Lipinski definition) is 4. The number of aromatic hydroxyl groups is 1. The van der Waals surface area contributed by atoms with E-state index in [4.69, 9.17) is 15.9 Å². The molecule has 3 fully saturated rings. The lowest BCUT2D eigenvalue weighted by atomic mass is 9.73. The number of nitrogens with two attached hydrogens (primary N) is 1. The topological polar surface area (TPSA) is 173 Å². The second-order valence-electron chi connectivity index (χ2n) is 9.99. The van der Waals surface area contributed by atoms with Crippen molar-refractivity contribution < 1.29 is 19.4 Å². The molecule has 1 saturated carbocycles. The number of amidine groups is 1. The van der Waals surface area contributed by atoms with Crippen LogP contribution in [-0.2, 0) is 16.1 Å². The highest BCUT2D eigenvalue weighted by Gasteiger charge is 2.59. The van der Waals surface area contributed by atoms with Gasteiger partial charge in [0, 0.05) is 19.1 Å². The van der Waals surface area contributed by atoms with E-state index >= 15 is 0 Å². The highest BCUT2D eigenvalue weighted by Crippen LogP contribution is 2.43. The third-order valence-electron chi connectivity index (χ3n) is 7.51. The van der Waals surface area contributed by atoms with Gasteiger partial charge < -0.3 is 20.5 Å². The van der Waals surface area contributed by atoms with Crippen LogP contribution in [0.5, 0.6) is 5.88 Å². The standard InChI is InChI=1S/C22H32N6O6/c1-3-4-9-26-16(29)14(15(23)24)17(30)28(20(26)33)13-5-7-21(2,8-6-13)10-27-19(32)25-18(31)22(27)11-34-12-22/h13,29H,3-12H2,1-2H3,(H3,23,24)(H,25,31,32). The SMILES string of the molecule is CCCCn1c(O)c(C(=N)N)c(=O)n(C2CCC(C)(CN3C(=O)NC(=O)C34COC4)CC2)c1=O. The Bertz CT molecular complexity index is 1140. The van der Waals surface area contributed by atoms with Crippen LogP contribution in [0.15, 0.2) is 9.59 Å². The predicted molar refractivity (Wildman–Crippen MR) is 122 cm³/mol. The fourth-order valence-electron chi connectivity index (χ4n) is 5.23. The van der Waals surface area contributed by atoms with E-state index < -0.39 is 40.6 Å². The lowest BCUT2D eigenvalue weighted by Crippen LogP contribution is -2.65. The van der Waals surface area contributed by atoms with Crippen molar-refractivity contribution in [1.29, 1.82) is 5.41 Å². The summed E-state index contributed by atoms with van der Waals surface area (Å²) >= 11 is 0. The summed E-state index contributed by atoms with van der Waals surface area (Å²) < 4.78 is 7.48. The minimum Gasteiger partial charge on any atom is -0.494 e. The van der Waals surface area contributed by atoms with Gasteiger partial charge in [0.2, 0.25) is 5.88 Å². The molecule has 5 N–H and O–H groups in total. The quantitative estimate of drug-likeness (QED) is 0.248. The number of nitrogens with zero attached hydrogens (tertiary/aromatic N) is 3. The largest absolute Gasteiger partial charge is 0.494 e. The van der Waals surface area contributed by atoms with E-state index in [1.54, 1.807) is 4.90 Å². The molecule has 1 aliphatic carbocycles.